The summed E-state index contributed by atoms with van der Waals surface area (Å²) >= 11 is 6.16. The van der Waals surface area contributed by atoms with E-state index in [4.69, 9.17) is 16.3 Å². The fourth-order valence-electron chi connectivity index (χ4n) is 2.33. The molecule has 0 atom stereocenters. The highest BCUT2D eigenvalue weighted by Gasteiger charge is 2.24. The lowest BCUT2D eigenvalue weighted by molar-refractivity contribution is -0.118. The molecule has 1 saturated carbocycles. The van der Waals surface area contributed by atoms with Crippen molar-refractivity contribution in [3.05, 3.63) is 58.6 Å². The van der Waals surface area contributed by atoms with Gasteiger partial charge in [-0.25, -0.2) is 0 Å². The van der Waals surface area contributed by atoms with E-state index in [0.717, 1.165) is 18.4 Å². The summed E-state index contributed by atoms with van der Waals surface area (Å²) in [5, 5.41) is 5.90. The van der Waals surface area contributed by atoms with Crippen molar-refractivity contribution >= 4 is 29.1 Å². The second kappa shape index (κ2) is 7.57. The lowest BCUT2D eigenvalue weighted by Gasteiger charge is -2.11. The van der Waals surface area contributed by atoms with Crippen LogP contribution >= 0.6 is 11.6 Å². The molecule has 2 aromatic rings. The number of rotatable bonds is 6. The third kappa shape index (κ3) is 4.73. The molecule has 0 saturated heterocycles. The summed E-state index contributed by atoms with van der Waals surface area (Å²) in [6, 6.07) is 12.6. The summed E-state index contributed by atoms with van der Waals surface area (Å²) in [5.74, 6) is 0.186. The molecule has 5 nitrogen and oxygen atoms in total. The number of carbonyl (C=O) groups is 2. The van der Waals surface area contributed by atoms with Crippen molar-refractivity contribution < 1.29 is 14.3 Å². The van der Waals surface area contributed by atoms with Gasteiger partial charge >= 0.3 is 0 Å². The first kappa shape index (κ1) is 17.3. The van der Waals surface area contributed by atoms with Gasteiger partial charge in [0.15, 0.2) is 6.61 Å². The Kier molecular flexibility index (Phi) is 5.24. The van der Waals surface area contributed by atoms with E-state index in [9.17, 15) is 9.59 Å². The summed E-state index contributed by atoms with van der Waals surface area (Å²) < 4.78 is 5.50. The van der Waals surface area contributed by atoms with Crippen LogP contribution in [0.15, 0.2) is 42.5 Å². The Hall–Kier alpha value is -2.53. The fourth-order valence-corrected chi connectivity index (χ4v) is 2.59. The van der Waals surface area contributed by atoms with Gasteiger partial charge in [-0.3, -0.25) is 9.59 Å². The average molecular weight is 359 g/mol. The van der Waals surface area contributed by atoms with E-state index in [1.54, 1.807) is 18.2 Å². The monoisotopic (exact) mass is 358 g/mol. The van der Waals surface area contributed by atoms with Crippen molar-refractivity contribution in [2.45, 2.75) is 25.8 Å². The molecule has 1 aliphatic rings. The molecule has 1 aliphatic carbocycles. The van der Waals surface area contributed by atoms with E-state index < -0.39 is 0 Å². The Balaban J connectivity index is 1.56. The number of para-hydroxylation sites is 1. The standard InChI is InChI=1S/C19H19ClN2O3/c1-12-4-2-3-5-17(12)25-11-18(23)21-14-8-9-15(16(20)10-14)19(24)22-13-6-7-13/h2-5,8-10,13H,6-7,11H2,1H3,(H,21,23)(H,22,24). The first-order valence-corrected chi connectivity index (χ1v) is 8.49. The topological polar surface area (TPSA) is 67.4 Å². The molecule has 0 unspecified atom stereocenters. The maximum absolute atomic E-state index is 12.0. The van der Waals surface area contributed by atoms with Gasteiger partial charge in [0.05, 0.1) is 10.6 Å². The highest BCUT2D eigenvalue weighted by Crippen LogP contribution is 2.24. The molecule has 0 aliphatic heterocycles. The number of hydrogen-bond donors (Lipinski definition) is 2. The van der Waals surface area contributed by atoms with Crippen molar-refractivity contribution in [1.29, 1.82) is 0 Å². The molecule has 2 aromatic carbocycles. The van der Waals surface area contributed by atoms with Crippen LogP contribution in [0.3, 0.4) is 0 Å². The second-order valence-corrected chi connectivity index (χ2v) is 6.45. The minimum Gasteiger partial charge on any atom is -0.483 e. The van der Waals surface area contributed by atoms with Gasteiger partial charge < -0.3 is 15.4 Å². The molecule has 0 aromatic heterocycles. The van der Waals surface area contributed by atoms with Crippen molar-refractivity contribution in [1.82, 2.24) is 5.32 Å². The van der Waals surface area contributed by atoms with Crippen LogP contribution in [-0.4, -0.2) is 24.5 Å². The highest BCUT2D eigenvalue weighted by molar-refractivity contribution is 6.34. The van der Waals surface area contributed by atoms with Gasteiger partial charge in [-0.15, -0.1) is 0 Å². The Labute approximate surface area is 151 Å². The number of nitrogens with one attached hydrogen (secondary N) is 2. The number of benzene rings is 2. The predicted octanol–water partition coefficient (Wildman–Crippen LogP) is 3.56. The van der Waals surface area contributed by atoms with Gasteiger partial charge in [-0.05, 0) is 49.6 Å². The van der Waals surface area contributed by atoms with Gasteiger partial charge in [0.2, 0.25) is 0 Å². The van der Waals surface area contributed by atoms with E-state index in [2.05, 4.69) is 10.6 Å². The van der Waals surface area contributed by atoms with Crippen LogP contribution in [0.1, 0.15) is 28.8 Å². The molecule has 1 fully saturated rings. The van der Waals surface area contributed by atoms with Gasteiger partial charge in [0, 0.05) is 11.7 Å². The molecule has 0 spiro atoms. The number of hydrogen-bond acceptors (Lipinski definition) is 3. The molecule has 130 valence electrons. The van der Waals surface area contributed by atoms with Crippen LogP contribution in [-0.2, 0) is 4.79 Å². The molecule has 0 heterocycles. The van der Waals surface area contributed by atoms with Crippen LogP contribution in [0.25, 0.3) is 0 Å². The highest BCUT2D eigenvalue weighted by atomic mass is 35.5. The SMILES string of the molecule is Cc1ccccc1OCC(=O)Nc1ccc(C(=O)NC2CC2)c(Cl)c1. The van der Waals surface area contributed by atoms with Gasteiger partial charge in [-0.1, -0.05) is 29.8 Å². The largest absolute Gasteiger partial charge is 0.483 e. The Bertz CT molecular complexity index is 803. The van der Waals surface area contributed by atoms with Gasteiger partial charge in [0.1, 0.15) is 5.75 Å². The maximum Gasteiger partial charge on any atom is 0.262 e. The first-order chi connectivity index (χ1) is 12.0. The Morgan fingerprint density at radius 2 is 1.96 bits per heavy atom. The Morgan fingerprint density at radius 3 is 2.64 bits per heavy atom. The summed E-state index contributed by atoms with van der Waals surface area (Å²) in [6.07, 6.45) is 2.02. The van der Waals surface area contributed by atoms with E-state index in [1.807, 2.05) is 31.2 Å². The fraction of sp³-hybridized carbons (Fsp3) is 0.263. The van der Waals surface area contributed by atoms with E-state index in [-0.39, 0.29) is 24.5 Å². The number of ether oxygens (including phenoxy) is 1. The zero-order chi connectivity index (χ0) is 17.8. The van der Waals surface area contributed by atoms with E-state index in [1.165, 1.54) is 0 Å². The van der Waals surface area contributed by atoms with Crippen LogP contribution in [0.2, 0.25) is 5.02 Å². The molecular weight excluding hydrogens is 340 g/mol. The molecule has 2 N–H and O–H groups in total. The predicted molar refractivity (Wildman–Crippen MR) is 97.2 cm³/mol. The molecule has 25 heavy (non-hydrogen) atoms. The summed E-state index contributed by atoms with van der Waals surface area (Å²) in [4.78, 5) is 24.1. The first-order valence-electron chi connectivity index (χ1n) is 8.11. The lowest BCUT2D eigenvalue weighted by Crippen LogP contribution is -2.25. The molecule has 0 radical (unpaired) electrons. The van der Waals surface area contributed by atoms with E-state index >= 15 is 0 Å². The summed E-state index contributed by atoms with van der Waals surface area (Å²) in [5.41, 5.74) is 1.89. The molecular formula is C19H19ClN2O3. The van der Waals surface area contributed by atoms with Crippen LogP contribution in [0.5, 0.6) is 5.75 Å². The third-order valence-corrected chi connectivity index (χ3v) is 4.18. The van der Waals surface area contributed by atoms with Crippen molar-refractivity contribution in [2.75, 3.05) is 11.9 Å². The Morgan fingerprint density at radius 1 is 1.20 bits per heavy atom. The normalized spacial score (nSPS) is 13.2. The maximum atomic E-state index is 12.0. The van der Waals surface area contributed by atoms with Crippen LogP contribution in [0.4, 0.5) is 5.69 Å². The summed E-state index contributed by atoms with van der Waals surface area (Å²) in [7, 11) is 0. The smallest absolute Gasteiger partial charge is 0.262 e. The number of aryl methyl sites for hydroxylation is 1. The van der Waals surface area contributed by atoms with Gasteiger partial charge in [0.25, 0.3) is 11.8 Å². The average Bonchev–Trinajstić information content (AvgIpc) is 3.38. The molecule has 3 rings (SSSR count). The number of halogens is 1. The minimum absolute atomic E-state index is 0.105. The van der Waals surface area contributed by atoms with Gasteiger partial charge in [-0.2, -0.15) is 0 Å². The lowest BCUT2D eigenvalue weighted by atomic mass is 10.2. The van der Waals surface area contributed by atoms with Crippen LogP contribution in [0, 0.1) is 6.92 Å². The summed E-state index contributed by atoms with van der Waals surface area (Å²) in [6.45, 7) is 1.81. The minimum atomic E-state index is -0.297. The quantitative estimate of drug-likeness (QED) is 0.829. The third-order valence-electron chi connectivity index (χ3n) is 3.86. The van der Waals surface area contributed by atoms with Crippen molar-refractivity contribution in [2.24, 2.45) is 0 Å². The van der Waals surface area contributed by atoms with Crippen LogP contribution < -0.4 is 15.4 Å². The van der Waals surface area contributed by atoms with Crippen molar-refractivity contribution in [3.8, 4) is 5.75 Å². The second-order valence-electron chi connectivity index (χ2n) is 6.04. The van der Waals surface area contributed by atoms with E-state index in [0.29, 0.717) is 22.0 Å². The zero-order valence-electron chi connectivity index (χ0n) is 13.8. The molecule has 6 heteroatoms. The number of carbonyl (C=O) groups excluding carboxylic acids is 2. The number of anilines is 1. The zero-order valence-corrected chi connectivity index (χ0v) is 14.6. The van der Waals surface area contributed by atoms with Crippen molar-refractivity contribution in [3.63, 3.8) is 0 Å². The molecule has 0 bridgehead atoms. The number of amides is 2. The molecule has 2 amide bonds.